The van der Waals surface area contributed by atoms with Gasteiger partial charge >= 0.3 is 0 Å². The highest BCUT2D eigenvalue weighted by atomic mass is 15.2. The largest absolute Gasteiger partial charge is 0.312 e. The zero-order chi connectivity index (χ0) is 12.8. The molecule has 18 heavy (non-hydrogen) atoms. The Morgan fingerprint density at radius 1 is 1.33 bits per heavy atom. The van der Waals surface area contributed by atoms with Gasteiger partial charge in [-0.1, -0.05) is 18.2 Å². The number of benzene rings is 1. The van der Waals surface area contributed by atoms with Crippen molar-refractivity contribution < 1.29 is 0 Å². The van der Waals surface area contributed by atoms with Gasteiger partial charge in [-0.15, -0.1) is 0 Å². The van der Waals surface area contributed by atoms with E-state index < -0.39 is 0 Å². The normalized spacial score (nSPS) is 10.2. The third-order valence-corrected chi connectivity index (χ3v) is 2.78. The fourth-order valence-electron chi connectivity index (χ4n) is 1.82. The summed E-state index contributed by atoms with van der Waals surface area (Å²) in [6.07, 6.45) is 2.84. The maximum absolute atomic E-state index is 8.97. The number of hydrogen-bond acceptors (Lipinski definition) is 3. The quantitative estimate of drug-likeness (QED) is 0.808. The number of rotatable bonds is 5. The SMILES string of the molecule is Cn1ccc(CCNCc2ccccc2C#N)n1. The van der Waals surface area contributed by atoms with Gasteiger partial charge in [-0.3, -0.25) is 4.68 Å². The summed E-state index contributed by atoms with van der Waals surface area (Å²) in [6.45, 7) is 1.58. The van der Waals surface area contributed by atoms with Gasteiger partial charge < -0.3 is 5.32 Å². The molecular weight excluding hydrogens is 224 g/mol. The van der Waals surface area contributed by atoms with Crippen molar-refractivity contribution in [3.8, 4) is 6.07 Å². The Kier molecular flexibility index (Phi) is 4.11. The van der Waals surface area contributed by atoms with Crippen LogP contribution >= 0.6 is 0 Å². The maximum Gasteiger partial charge on any atom is 0.0995 e. The summed E-state index contributed by atoms with van der Waals surface area (Å²) in [6, 6.07) is 11.9. The van der Waals surface area contributed by atoms with E-state index in [1.807, 2.05) is 43.6 Å². The smallest absolute Gasteiger partial charge is 0.0995 e. The summed E-state index contributed by atoms with van der Waals surface area (Å²) in [5.74, 6) is 0. The van der Waals surface area contributed by atoms with Crippen molar-refractivity contribution in [3.05, 3.63) is 53.3 Å². The lowest BCUT2D eigenvalue weighted by atomic mass is 10.1. The molecule has 92 valence electrons. The fourth-order valence-corrected chi connectivity index (χ4v) is 1.82. The molecule has 4 nitrogen and oxygen atoms in total. The molecule has 0 saturated heterocycles. The first-order valence-corrected chi connectivity index (χ1v) is 5.97. The van der Waals surface area contributed by atoms with Gasteiger partial charge in [0.25, 0.3) is 0 Å². The molecule has 0 radical (unpaired) electrons. The van der Waals surface area contributed by atoms with Crippen LogP contribution in [0.5, 0.6) is 0 Å². The van der Waals surface area contributed by atoms with Crippen molar-refractivity contribution >= 4 is 0 Å². The standard InChI is InChI=1S/C14H16N4/c1-18-9-7-14(17-18)6-8-16-11-13-5-3-2-4-12(13)10-15/h2-5,7,9,16H,6,8,11H2,1H3. The molecule has 0 bridgehead atoms. The predicted molar refractivity (Wildman–Crippen MR) is 69.8 cm³/mol. The highest BCUT2D eigenvalue weighted by Gasteiger charge is 2.00. The van der Waals surface area contributed by atoms with Gasteiger partial charge in [-0.2, -0.15) is 10.4 Å². The van der Waals surface area contributed by atoms with Crippen molar-refractivity contribution in [1.82, 2.24) is 15.1 Å². The van der Waals surface area contributed by atoms with Crippen molar-refractivity contribution in [3.63, 3.8) is 0 Å². The van der Waals surface area contributed by atoms with E-state index in [9.17, 15) is 0 Å². The number of nitrogens with one attached hydrogen (secondary N) is 1. The van der Waals surface area contributed by atoms with Gasteiger partial charge in [0, 0.05) is 32.8 Å². The van der Waals surface area contributed by atoms with Crippen LogP contribution in [0.15, 0.2) is 36.5 Å². The summed E-state index contributed by atoms with van der Waals surface area (Å²) in [5, 5.41) is 16.6. The van der Waals surface area contributed by atoms with Crippen LogP contribution in [0.1, 0.15) is 16.8 Å². The van der Waals surface area contributed by atoms with E-state index in [0.717, 1.165) is 36.3 Å². The lowest BCUT2D eigenvalue weighted by Crippen LogP contribution is -2.17. The second-order valence-electron chi connectivity index (χ2n) is 4.18. The number of hydrogen-bond donors (Lipinski definition) is 1. The molecule has 0 saturated carbocycles. The van der Waals surface area contributed by atoms with Crippen molar-refractivity contribution in [2.45, 2.75) is 13.0 Å². The summed E-state index contributed by atoms with van der Waals surface area (Å²) >= 11 is 0. The second kappa shape index (κ2) is 5.99. The van der Waals surface area contributed by atoms with Crippen LogP contribution in [0, 0.1) is 11.3 Å². The zero-order valence-corrected chi connectivity index (χ0v) is 10.4. The maximum atomic E-state index is 8.97. The van der Waals surface area contributed by atoms with E-state index in [1.54, 1.807) is 4.68 Å². The highest BCUT2D eigenvalue weighted by molar-refractivity contribution is 5.37. The predicted octanol–water partition coefficient (Wildman–Crippen LogP) is 1.62. The van der Waals surface area contributed by atoms with E-state index >= 15 is 0 Å². The molecule has 0 spiro atoms. The van der Waals surface area contributed by atoms with Crippen LogP contribution in [0.3, 0.4) is 0 Å². The Bertz CT molecular complexity index is 551. The van der Waals surface area contributed by atoms with Gasteiger partial charge in [0.05, 0.1) is 17.3 Å². The molecule has 0 amide bonds. The first kappa shape index (κ1) is 12.3. The molecule has 2 aromatic rings. The average molecular weight is 240 g/mol. The Morgan fingerprint density at radius 3 is 2.89 bits per heavy atom. The van der Waals surface area contributed by atoms with E-state index in [-0.39, 0.29) is 0 Å². The van der Waals surface area contributed by atoms with Crippen LogP contribution in [-0.2, 0) is 20.0 Å². The van der Waals surface area contributed by atoms with Crippen LogP contribution in [0.25, 0.3) is 0 Å². The molecule has 1 heterocycles. The molecule has 2 rings (SSSR count). The van der Waals surface area contributed by atoms with Crippen molar-refractivity contribution in [1.29, 1.82) is 5.26 Å². The lowest BCUT2D eigenvalue weighted by molar-refractivity contribution is 0.665. The van der Waals surface area contributed by atoms with Crippen LogP contribution in [0.2, 0.25) is 0 Å². The minimum absolute atomic E-state index is 0.719. The monoisotopic (exact) mass is 240 g/mol. The van der Waals surface area contributed by atoms with Crippen LogP contribution in [-0.4, -0.2) is 16.3 Å². The summed E-state index contributed by atoms with van der Waals surface area (Å²) < 4.78 is 1.81. The Hall–Kier alpha value is -2.12. The minimum atomic E-state index is 0.719. The molecule has 1 aromatic heterocycles. The molecule has 1 aromatic carbocycles. The van der Waals surface area contributed by atoms with Gasteiger partial charge in [-0.05, 0) is 17.7 Å². The summed E-state index contributed by atoms with van der Waals surface area (Å²) in [4.78, 5) is 0. The van der Waals surface area contributed by atoms with E-state index in [1.165, 1.54) is 0 Å². The fraction of sp³-hybridized carbons (Fsp3) is 0.286. The minimum Gasteiger partial charge on any atom is -0.312 e. The van der Waals surface area contributed by atoms with E-state index in [4.69, 9.17) is 5.26 Å². The number of aromatic nitrogens is 2. The van der Waals surface area contributed by atoms with Crippen molar-refractivity contribution in [2.75, 3.05) is 6.54 Å². The first-order chi connectivity index (χ1) is 8.79. The molecular formula is C14H16N4. The lowest BCUT2D eigenvalue weighted by Gasteiger charge is -2.05. The number of nitrogens with zero attached hydrogens (tertiary/aromatic N) is 3. The van der Waals surface area contributed by atoms with Gasteiger partial charge in [0.15, 0.2) is 0 Å². The molecule has 1 N–H and O–H groups in total. The molecule has 0 aliphatic heterocycles. The summed E-state index contributed by atoms with van der Waals surface area (Å²) in [7, 11) is 1.92. The summed E-state index contributed by atoms with van der Waals surface area (Å²) in [5.41, 5.74) is 2.86. The molecule has 0 aliphatic rings. The highest BCUT2D eigenvalue weighted by Crippen LogP contribution is 2.06. The van der Waals surface area contributed by atoms with Gasteiger partial charge in [-0.25, -0.2) is 0 Å². The van der Waals surface area contributed by atoms with E-state index in [0.29, 0.717) is 0 Å². The average Bonchev–Trinajstić information content (AvgIpc) is 2.81. The van der Waals surface area contributed by atoms with Gasteiger partial charge in [0.1, 0.15) is 0 Å². The molecule has 0 atom stereocenters. The van der Waals surface area contributed by atoms with Gasteiger partial charge in [0.2, 0.25) is 0 Å². The topological polar surface area (TPSA) is 53.6 Å². The zero-order valence-electron chi connectivity index (χ0n) is 10.4. The third kappa shape index (κ3) is 3.19. The Morgan fingerprint density at radius 2 is 2.17 bits per heavy atom. The molecule has 0 fully saturated rings. The van der Waals surface area contributed by atoms with E-state index in [2.05, 4.69) is 16.5 Å². The number of aryl methyl sites for hydroxylation is 1. The third-order valence-electron chi connectivity index (χ3n) is 2.78. The Balaban J connectivity index is 1.80. The Labute approximate surface area is 107 Å². The molecule has 0 unspecified atom stereocenters. The van der Waals surface area contributed by atoms with Crippen LogP contribution in [0.4, 0.5) is 0 Å². The second-order valence-corrected chi connectivity index (χ2v) is 4.18. The molecule has 4 heteroatoms. The number of nitriles is 1. The molecule has 0 aliphatic carbocycles. The van der Waals surface area contributed by atoms with Crippen molar-refractivity contribution in [2.24, 2.45) is 7.05 Å². The van der Waals surface area contributed by atoms with Crippen LogP contribution < -0.4 is 5.32 Å². The first-order valence-electron chi connectivity index (χ1n) is 5.97.